The number of hydrogen-bond donors (Lipinski definition) is 1. The number of carbonyl (C=O) groups is 2. The molecule has 1 amide bonds. The Kier molecular flexibility index (Phi) is 5.53. The molecule has 0 spiro atoms. The second-order valence-corrected chi connectivity index (χ2v) is 5.61. The van der Waals surface area contributed by atoms with Gasteiger partial charge in [0.05, 0.1) is 0 Å². The van der Waals surface area contributed by atoms with E-state index in [2.05, 4.69) is 5.32 Å². The number of anilines is 1. The summed E-state index contributed by atoms with van der Waals surface area (Å²) in [5, 5.41) is 2.75. The fraction of sp³-hybridized carbons (Fsp3) is 0.200. The van der Waals surface area contributed by atoms with Crippen molar-refractivity contribution in [1.29, 1.82) is 0 Å². The molecule has 134 valence electrons. The van der Waals surface area contributed by atoms with Crippen molar-refractivity contribution in [3.63, 3.8) is 0 Å². The molecule has 0 radical (unpaired) electrons. The molecule has 1 aliphatic heterocycles. The molecule has 3 rings (SSSR count). The Morgan fingerprint density at radius 3 is 2.81 bits per heavy atom. The van der Waals surface area contributed by atoms with E-state index >= 15 is 0 Å². The molecule has 0 atom stereocenters. The van der Waals surface area contributed by atoms with Crippen molar-refractivity contribution in [2.75, 3.05) is 18.7 Å². The zero-order valence-electron chi connectivity index (χ0n) is 14.4. The average Bonchev–Trinajstić information content (AvgIpc) is 3.13. The second-order valence-electron chi connectivity index (χ2n) is 5.61. The first-order valence-corrected chi connectivity index (χ1v) is 8.28. The molecule has 0 unspecified atom stereocenters. The van der Waals surface area contributed by atoms with Gasteiger partial charge in [0.2, 0.25) is 6.79 Å². The number of aryl methyl sites for hydroxylation is 1. The number of fused-ring (bicyclic) bond motifs is 1. The van der Waals surface area contributed by atoms with Crippen molar-refractivity contribution in [2.45, 2.75) is 13.3 Å². The van der Waals surface area contributed by atoms with Crippen LogP contribution in [0.1, 0.15) is 18.1 Å². The minimum absolute atomic E-state index is 0.195. The van der Waals surface area contributed by atoms with Gasteiger partial charge in [-0.3, -0.25) is 4.79 Å². The monoisotopic (exact) mass is 353 g/mol. The number of esters is 1. The molecular weight excluding hydrogens is 334 g/mol. The lowest BCUT2D eigenvalue weighted by molar-refractivity contribution is -0.142. The van der Waals surface area contributed by atoms with Gasteiger partial charge >= 0.3 is 5.97 Å². The molecule has 2 aromatic rings. The average molecular weight is 353 g/mol. The summed E-state index contributed by atoms with van der Waals surface area (Å²) in [7, 11) is 0. The van der Waals surface area contributed by atoms with Crippen LogP contribution in [0.4, 0.5) is 5.69 Å². The van der Waals surface area contributed by atoms with E-state index in [0.29, 0.717) is 11.5 Å². The first-order valence-electron chi connectivity index (χ1n) is 8.28. The fourth-order valence-corrected chi connectivity index (χ4v) is 2.50. The molecule has 0 fully saturated rings. The summed E-state index contributed by atoms with van der Waals surface area (Å²) in [5.41, 5.74) is 2.52. The molecule has 26 heavy (non-hydrogen) atoms. The molecule has 6 nitrogen and oxygen atoms in total. The quantitative estimate of drug-likeness (QED) is 0.638. The third kappa shape index (κ3) is 4.42. The lowest BCUT2D eigenvalue weighted by atomic mass is 10.1. The summed E-state index contributed by atoms with van der Waals surface area (Å²) in [6.07, 6.45) is 3.66. The highest BCUT2D eigenvalue weighted by atomic mass is 16.7. The number of para-hydroxylation sites is 1. The second kappa shape index (κ2) is 8.20. The van der Waals surface area contributed by atoms with E-state index in [1.807, 2.05) is 31.2 Å². The normalized spacial score (nSPS) is 12.2. The highest BCUT2D eigenvalue weighted by molar-refractivity contribution is 5.95. The molecule has 0 bridgehead atoms. The Balaban J connectivity index is 1.50. The van der Waals surface area contributed by atoms with Crippen molar-refractivity contribution in [3.05, 3.63) is 59.7 Å². The number of amides is 1. The van der Waals surface area contributed by atoms with Crippen molar-refractivity contribution in [3.8, 4) is 11.5 Å². The van der Waals surface area contributed by atoms with Gasteiger partial charge < -0.3 is 19.5 Å². The van der Waals surface area contributed by atoms with E-state index in [-0.39, 0.29) is 19.3 Å². The van der Waals surface area contributed by atoms with Crippen LogP contribution in [-0.4, -0.2) is 25.3 Å². The molecule has 0 saturated heterocycles. The molecular formula is C20H19NO5. The van der Waals surface area contributed by atoms with Crippen LogP contribution < -0.4 is 14.8 Å². The third-order valence-corrected chi connectivity index (χ3v) is 3.83. The van der Waals surface area contributed by atoms with Gasteiger partial charge in [0.25, 0.3) is 5.91 Å². The number of ether oxygens (including phenoxy) is 3. The number of nitrogens with one attached hydrogen (secondary N) is 1. The number of carbonyl (C=O) groups excluding carboxylic acids is 2. The molecule has 1 aliphatic rings. The van der Waals surface area contributed by atoms with Crippen LogP contribution in [0.15, 0.2) is 48.5 Å². The summed E-state index contributed by atoms with van der Waals surface area (Å²) in [5.74, 6) is 0.334. The zero-order valence-corrected chi connectivity index (χ0v) is 14.4. The van der Waals surface area contributed by atoms with Crippen molar-refractivity contribution in [2.24, 2.45) is 0 Å². The first-order chi connectivity index (χ1) is 12.7. The Bertz CT molecular complexity index is 844. The minimum atomic E-state index is -0.596. The number of rotatable bonds is 6. The Morgan fingerprint density at radius 2 is 1.96 bits per heavy atom. The van der Waals surface area contributed by atoms with E-state index in [1.165, 1.54) is 6.08 Å². The van der Waals surface area contributed by atoms with Crippen LogP contribution in [-0.2, 0) is 20.7 Å². The molecule has 1 heterocycles. The lowest BCUT2D eigenvalue weighted by Gasteiger charge is -2.09. The number of hydrogen-bond acceptors (Lipinski definition) is 5. The van der Waals surface area contributed by atoms with E-state index in [4.69, 9.17) is 14.2 Å². The van der Waals surface area contributed by atoms with Crippen LogP contribution in [0.2, 0.25) is 0 Å². The summed E-state index contributed by atoms with van der Waals surface area (Å²) in [6.45, 7) is 1.86. The van der Waals surface area contributed by atoms with E-state index in [9.17, 15) is 9.59 Å². The van der Waals surface area contributed by atoms with Crippen LogP contribution in [0.5, 0.6) is 11.5 Å². The summed E-state index contributed by atoms with van der Waals surface area (Å²) >= 11 is 0. The van der Waals surface area contributed by atoms with Gasteiger partial charge in [-0.1, -0.05) is 31.2 Å². The summed E-state index contributed by atoms with van der Waals surface area (Å²) in [4.78, 5) is 23.7. The number of benzene rings is 2. The van der Waals surface area contributed by atoms with Gasteiger partial charge in [-0.15, -0.1) is 0 Å². The standard InChI is InChI=1S/C20H19NO5/c1-2-15-5-3-4-6-16(15)21-19(22)12-24-20(23)10-8-14-7-9-17-18(11-14)26-13-25-17/h3-11H,2,12-13H2,1H3,(H,21,22)/b10-8+. The molecule has 6 heteroatoms. The Labute approximate surface area is 151 Å². The van der Waals surface area contributed by atoms with E-state index in [1.54, 1.807) is 24.3 Å². The zero-order chi connectivity index (χ0) is 18.4. The topological polar surface area (TPSA) is 73.9 Å². The van der Waals surface area contributed by atoms with Crippen molar-refractivity contribution in [1.82, 2.24) is 0 Å². The third-order valence-electron chi connectivity index (χ3n) is 3.83. The van der Waals surface area contributed by atoms with Gasteiger partial charge in [-0.25, -0.2) is 4.79 Å². The summed E-state index contributed by atoms with van der Waals surface area (Å²) < 4.78 is 15.5. The van der Waals surface area contributed by atoms with Crippen LogP contribution >= 0.6 is 0 Å². The van der Waals surface area contributed by atoms with Crippen LogP contribution in [0, 0.1) is 0 Å². The molecule has 0 aromatic heterocycles. The predicted molar refractivity (Wildman–Crippen MR) is 97.0 cm³/mol. The van der Waals surface area contributed by atoms with E-state index < -0.39 is 5.97 Å². The SMILES string of the molecule is CCc1ccccc1NC(=O)COC(=O)/C=C/c1ccc2c(c1)OCO2. The van der Waals surface area contributed by atoms with Gasteiger partial charge in [-0.05, 0) is 41.8 Å². The molecule has 0 aliphatic carbocycles. The Morgan fingerprint density at radius 1 is 1.15 bits per heavy atom. The maximum atomic E-state index is 11.9. The Hall–Kier alpha value is -3.28. The van der Waals surface area contributed by atoms with Crippen LogP contribution in [0.25, 0.3) is 6.08 Å². The van der Waals surface area contributed by atoms with Crippen molar-refractivity contribution < 1.29 is 23.8 Å². The van der Waals surface area contributed by atoms with Crippen molar-refractivity contribution >= 4 is 23.6 Å². The maximum absolute atomic E-state index is 11.9. The van der Waals surface area contributed by atoms with E-state index in [0.717, 1.165) is 23.2 Å². The summed E-state index contributed by atoms with van der Waals surface area (Å²) in [6, 6.07) is 12.8. The smallest absolute Gasteiger partial charge is 0.331 e. The molecule has 0 saturated carbocycles. The highest BCUT2D eigenvalue weighted by Gasteiger charge is 2.12. The highest BCUT2D eigenvalue weighted by Crippen LogP contribution is 2.32. The molecule has 2 aromatic carbocycles. The fourth-order valence-electron chi connectivity index (χ4n) is 2.50. The van der Waals surface area contributed by atoms with Gasteiger partial charge in [0, 0.05) is 11.8 Å². The van der Waals surface area contributed by atoms with Gasteiger partial charge in [-0.2, -0.15) is 0 Å². The lowest BCUT2D eigenvalue weighted by Crippen LogP contribution is -2.20. The van der Waals surface area contributed by atoms with Gasteiger partial charge in [0.1, 0.15) is 0 Å². The molecule has 1 N–H and O–H groups in total. The predicted octanol–water partition coefficient (Wildman–Crippen LogP) is 3.17. The van der Waals surface area contributed by atoms with Gasteiger partial charge in [0.15, 0.2) is 18.1 Å². The first kappa shape index (κ1) is 17.5. The maximum Gasteiger partial charge on any atom is 0.331 e. The van der Waals surface area contributed by atoms with Crippen LogP contribution in [0.3, 0.4) is 0 Å². The largest absolute Gasteiger partial charge is 0.454 e. The minimum Gasteiger partial charge on any atom is -0.454 e.